The summed E-state index contributed by atoms with van der Waals surface area (Å²) in [6.07, 6.45) is 2.24. The fraction of sp³-hybridized carbons (Fsp3) is 0.240. The van der Waals surface area contributed by atoms with Crippen molar-refractivity contribution in [2.45, 2.75) is 32.7 Å². The number of aromatic nitrogens is 1. The van der Waals surface area contributed by atoms with E-state index in [0.717, 1.165) is 16.5 Å². The number of H-pyrrole nitrogens is 1. The molecule has 0 radical (unpaired) electrons. The van der Waals surface area contributed by atoms with Crippen LogP contribution in [0.3, 0.4) is 0 Å². The average Bonchev–Trinajstić information content (AvgIpc) is 3.19. The van der Waals surface area contributed by atoms with Crippen molar-refractivity contribution in [1.29, 1.82) is 0 Å². The van der Waals surface area contributed by atoms with Crippen LogP contribution in [0.25, 0.3) is 21.9 Å². The van der Waals surface area contributed by atoms with Crippen molar-refractivity contribution in [3.63, 3.8) is 0 Å². The summed E-state index contributed by atoms with van der Waals surface area (Å²) < 4.78 is 10.9. The lowest BCUT2D eigenvalue weighted by molar-refractivity contribution is -0.308. The Morgan fingerprint density at radius 3 is 2.71 bits per heavy atom. The number of aromatic amines is 1. The summed E-state index contributed by atoms with van der Waals surface area (Å²) in [4.78, 5) is 39.0. The Morgan fingerprint density at radius 2 is 1.97 bits per heavy atom. The maximum absolute atomic E-state index is 12.5. The van der Waals surface area contributed by atoms with E-state index in [1.807, 2.05) is 6.92 Å². The minimum atomic E-state index is -1.45. The number of rotatable bonds is 8. The number of aryl methyl sites for hydroxylation is 2. The second-order valence-corrected chi connectivity index (χ2v) is 7.99. The molecule has 0 fully saturated rings. The van der Waals surface area contributed by atoms with Gasteiger partial charge in [0.15, 0.2) is 6.61 Å². The Balaban J connectivity index is 1.47. The summed E-state index contributed by atoms with van der Waals surface area (Å²) in [6, 6.07) is 8.29. The van der Waals surface area contributed by atoms with E-state index in [9.17, 15) is 24.6 Å². The molecule has 34 heavy (non-hydrogen) atoms. The van der Waals surface area contributed by atoms with Gasteiger partial charge in [-0.05, 0) is 54.8 Å². The van der Waals surface area contributed by atoms with E-state index in [2.05, 4.69) is 10.3 Å². The number of amides is 1. The number of aromatic hydroxyl groups is 1. The second-order valence-electron chi connectivity index (χ2n) is 7.99. The molecule has 3 N–H and O–H groups in total. The van der Waals surface area contributed by atoms with E-state index >= 15 is 0 Å². The van der Waals surface area contributed by atoms with Crippen molar-refractivity contribution in [3.05, 3.63) is 69.7 Å². The molecule has 4 rings (SSSR count). The normalized spacial score (nSPS) is 12.1. The number of phenols is 1. The molecule has 0 spiro atoms. The number of benzene rings is 2. The largest absolute Gasteiger partial charge is 0.548 e. The van der Waals surface area contributed by atoms with Crippen molar-refractivity contribution >= 4 is 33.7 Å². The first-order valence-corrected chi connectivity index (χ1v) is 10.7. The van der Waals surface area contributed by atoms with Crippen molar-refractivity contribution in [2.75, 3.05) is 6.61 Å². The standard InChI is InChI=1S/C25H24N2O7/c1-3-14-9-23(30)34-24-13(2)21(7-5-17(14)24)33-12-22(29)27-20(25(31)32)8-15-11-26-19-6-4-16(28)10-18(15)19/h4-7,9-11,20,26,28H,3,8,12H2,1-2H3,(H,27,29)(H,31,32)/p-1/t20-/m0/s1. The van der Waals surface area contributed by atoms with Gasteiger partial charge in [-0.2, -0.15) is 0 Å². The minimum absolute atomic E-state index is 0.0442. The molecule has 1 atom stereocenters. The first-order valence-electron chi connectivity index (χ1n) is 10.7. The van der Waals surface area contributed by atoms with Gasteiger partial charge in [-0.25, -0.2) is 4.79 Å². The quantitative estimate of drug-likeness (QED) is 0.337. The van der Waals surface area contributed by atoms with E-state index in [1.165, 1.54) is 18.2 Å². The summed E-state index contributed by atoms with van der Waals surface area (Å²) in [5.74, 6) is -1.71. The summed E-state index contributed by atoms with van der Waals surface area (Å²) in [7, 11) is 0. The molecule has 2 aromatic carbocycles. The number of aliphatic carboxylic acids is 1. The molecule has 0 saturated carbocycles. The number of hydrogen-bond acceptors (Lipinski definition) is 7. The number of hydrogen-bond donors (Lipinski definition) is 3. The maximum atomic E-state index is 12.5. The van der Waals surface area contributed by atoms with Gasteiger partial charge in [-0.1, -0.05) is 6.92 Å². The number of carbonyl (C=O) groups excluding carboxylic acids is 2. The molecule has 0 aliphatic carbocycles. The van der Waals surface area contributed by atoms with Gasteiger partial charge in [-0.3, -0.25) is 4.79 Å². The SMILES string of the molecule is CCc1cc(=O)oc2c(C)c(OCC(=O)N[C@@H](Cc3c[nH]c4ccc(O)cc34)C(=O)[O-])ccc12. The summed E-state index contributed by atoms with van der Waals surface area (Å²) in [5, 5.41) is 25.2. The van der Waals surface area contributed by atoms with Gasteiger partial charge < -0.3 is 34.5 Å². The average molecular weight is 463 g/mol. The molecule has 0 aliphatic rings. The molecule has 2 heterocycles. The van der Waals surface area contributed by atoms with Crippen LogP contribution >= 0.6 is 0 Å². The van der Waals surface area contributed by atoms with Crippen LogP contribution in [0.1, 0.15) is 23.6 Å². The Kier molecular flexibility index (Phi) is 6.27. The Labute approximate surface area is 194 Å². The van der Waals surface area contributed by atoms with Crippen LogP contribution in [0.5, 0.6) is 11.5 Å². The van der Waals surface area contributed by atoms with E-state index in [0.29, 0.717) is 34.3 Å². The number of nitrogens with one attached hydrogen (secondary N) is 2. The third-order valence-corrected chi connectivity index (χ3v) is 5.73. The van der Waals surface area contributed by atoms with Crippen molar-refractivity contribution in [1.82, 2.24) is 10.3 Å². The molecule has 1 amide bonds. The Bertz CT molecular complexity index is 1450. The van der Waals surface area contributed by atoms with Crippen molar-refractivity contribution in [2.24, 2.45) is 0 Å². The topological polar surface area (TPSA) is 145 Å². The monoisotopic (exact) mass is 463 g/mol. The van der Waals surface area contributed by atoms with Gasteiger partial charge in [0.2, 0.25) is 0 Å². The van der Waals surface area contributed by atoms with Crippen LogP contribution in [0.15, 0.2) is 51.8 Å². The Morgan fingerprint density at radius 1 is 1.18 bits per heavy atom. The van der Waals surface area contributed by atoms with Crippen molar-refractivity contribution in [3.8, 4) is 11.5 Å². The van der Waals surface area contributed by atoms with Crippen LogP contribution in [0.4, 0.5) is 0 Å². The lowest BCUT2D eigenvalue weighted by Gasteiger charge is -2.20. The molecule has 0 saturated heterocycles. The number of fused-ring (bicyclic) bond motifs is 2. The van der Waals surface area contributed by atoms with Gasteiger partial charge in [-0.15, -0.1) is 0 Å². The lowest BCUT2D eigenvalue weighted by Crippen LogP contribution is -2.50. The highest BCUT2D eigenvalue weighted by atomic mass is 16.5. The van der Waals surface area contributed by atoms with Crippen LogP contribution in [-0.4, -0.2) is 34.6 Å². The predicted octanol–water partition coefficient (Wildman–Crippen LogP) is 1.71. The van der Waals surface area contributed by atoms with Gasteiger partial charge in [0.1, 0.15) is 17.1 Å². The third-order valence-electron chi connectivity index (χ3n) is 5.73. The van der Waals surface area contributed by atoms with E-state index in [4.69, 9.17) is 9.15 Å². The van der Waals surface area contributed by atoms with E-state index < -0.39 is 30.2 Å². The molecular formula is C25H23N2O7-. The maximum Gasteiger partial charge on any atom is 0.336 e. The summed E-state index contributed by atoms with van der Waals surface area (Å²) in [5.41, 5.74) is 2.66. The first-order chi connectivity index (χ1) is 16.3. The zero-order valence-electron chi connectivity index (χ0n) is 18.6. The first kappa shape index (κ1) is 22.9. The predicted molar refractivity (Wildman–Crippen MR) is 123 cm³/mol. The minimum Gasteiger partial charge on any atom is -0.548 e. The highest BCUT2D eigenvalue weighted by Gasteiger charge is 2.18. The number of carbonyl (C=O) groups is 2. The van der Waals surface area contributed by atoms with E-state index in [1.54, 1.807) is 31.3 Å². The number of ether oxygens (including phenoxy) is 1. The fourth-order valence-electron chi connectivity index (χ4n) is 3.98. The molecule has 176 valence electrons. The molecule has 0 bridgehead atoms. The van der Waals surface area contributed by atoms with Crippen LogP contribution in [-0.2, 0) is 22.4 Å². The summed E-state index contributed by atoms with van der Waals surface area (Å²) in [6.45, 7) is 3.21. The highest BCUT2D eigenvalue weighted by molar-refractivity contribution is 5.88. The Hall–Kier alpha value is -4.27. The van der Waals surface area contributed by atoms with Crippen molar-refractivity contribution < 1.29 is 29.0 Å². The number of carboxylic acids is 1. The number of carboxylic acid groups (broad SMARTS) is 1. The zero-order chi connectivity index (χ0) is 24.4. The third kappa shape index (κ3) is 4.59. The van der Waals surface area contributed by atoms with Crippen LogP contribution < -0.4 is 20.8 Å². The molecule has 9 heteroatoms. The zero-order valence-corrected chi connectivity index (χ0v) is 18.6. The van der Waals surface area contributed by atoms with Gasteiger partial charge in [0.05, 0.1) is 12.0 Å². The molecule has 9 nitrogen and oxygen atoms in total. The molecule has 2 aromatic heterocycles. The highest BCUT2D eigenvalue weighted by Crippen LogP contribution is 2.28. The molecule has 0 aliphatic heterocycles. The fourth-order valence-corrected chi connectivity index (χ4v) is 3.98. The smallest absolute Gasteiger partial charge is 0.336 e. The molecule has 4 aromatic rings. The van der Waals surface area contributed by atoms with Gasteiger partial charge >= 0.3 is 5.63 Å². The lowest BCUT2D eigenvalue weighted by atomic mass is 10.0. The summed E-state index contributed by atoms with van der Waals surface area (Å²) >= 11 is 0. The van der Waals surface area contributed by atoms with Gasteiger partial charge in [0.25, 0.3) is 5.91 Å². The number of phenolic OH excluding ortho intramolecular Hbond substituents is 1. The van der Waals surface area contributed by atoms with Crippen LogP contribution in [0.2, 0.25) is 0 Å². The van der Waals surface area contributed by atoms with Crippen LogP contribution in [0, 0.1) is 6.92 Å². The van der Waals surface area contributed by atoms with E-state index in [-0.39, 0.29) is 12.2 Å². The molecule has 0 unspecified atom stereocenters. The second kappa shape index (κ2) is 9.30. The van der Waals surface area contributed by atoms with Gasteiger partial charge in [0, 0.05) is 40.5 Å². The molecular weight excluding hydrogens is 440 g/mol.